The molecule has 31 heavy (non-hydrogen) atoms. The monoisotopic (exact) mass is 417 g/mol. The lowest BCUT2D eigenvalue weighted by Crippen LogP contribution is -2.44. The smallest absolute Gasteiger partial charge is 0.241 e. The molecule has 0 aliphatic carbocycles. The number of amides is 2. The summed E-state index contributed by atoms with van der Waals surface area (Å²) in [4.78, 5) is 32.0. The lowest BCUT2D eigenvalue weighted by atomic mass is 9.92. The van der Waals surface area contributed by atoms with Crippen LogP contribution < -0.4 is 4.90 Å². The summed E-state index contributed by atoms with van der Waals surface area (Å²) in [5.41, 5.74) is 5.02. The van der Waals surface area contributed by atoms with Gasteiger partial charge >= 0.3 is 0 Å². The van der Waals surface area contributed by atoms with E-state index in [0.29, 0.717) is 18.9 Å². The molecule has 3 aliphatic heterocycles. The predicted octanol–water partition coefficient (Wildman–Crippen LogP) is 3.26. The van der Waals surface area contributed by atoms with Crippen molar-refractivity contribution in [3.63, 3.8) is 0 Å². The van der Waals surface area contributed by atoms with Gasteiger partial charge in [-0.2, -0.15) is 0 Å². The number of hydrogen-bond donors (Lipinski definition) is 0. The molecule has 1 saturated heterocycles. The molecule has 5 nitrogen and oxygen atoms in total. The molecule has 0 N–H and O–H groups in total. The highest BCUT2D eigenvalue weighted by Gasteiger charge is 2.29. The van der Waals surface area contributed by atoms with Crippen LogP contribution in [0.2, 0.25) is 0 Å². The number of likely N-dealkylation sites (tertiary alicyclic amines) is 1. The molecule has 0 radical (unpaired) electrons. The fourth-order valence-electron chi connectivity index (χ4n) is 5.31. The third kappa shape index (κ3) is 4.38. The maximum Gasteiger partial charge on any atom is 0.241 e. The zero-order valence-electron chi connectivity index (χ0n) is 18.1. The average molecular weight is 418 g/mol. The Morgan fingerprint density at radius 1 is 0.774 bits per heavy atom. The largest absolute Gasteiger partial charge is 0.338 e. The molecule has 3 heterocycles. The van der Waals surface area contributed by atoms with Gasteiger partial charge in [-0.15, -0.1) is 0 Å². The number of rotatable bonds is 4. The number of carbonyl (C=O) groups excluding carboxylic acids is 2. The molecule has 3 aliphatic rings. The number of hydrogen-bond acceptors (Lipinski definition) is 3. The minimum atomic E-state index is 0.200. The number of anilines is 1. The van der Waals surface area contributed by atoms with Crippen molar-refractivity contribution in [1.29, 1.82) is 0 Å². The Labute approximate surface area is 184 Å². The van der Waals surface area contributed by atoms with E-state index in [1.807, 2.05) is 21.9 Å². The Bertz CT molecular complexity index is 965. The van der Waals surface area contributed by atoms with Crippen LogP contribution in [-0.2, 0) is 29.0 Å². The Morgan fingerprint density at radius 3 is 2.26 bits per heavy atom. The first-order chi connectivity index (χ1) is 15.2. The molecule has 1 fully saturated rings. The number of fused-ring (bicyclic) bond motifs is 2. The van der Waals surface area contributed by atoms with Gasteiger partial charge in [0.1, 0.15) is 0 Å². The van der Waals surface area contributed by atoms with Gasteiger partial charge in [-0.1, -0.05) is 42.5 Å². The van der Waals surface area contributed by atoms with Crippen molar-refractivity contribution in [2.24, 2.45) is 5.92 Å². The topological polar surface area (TPSA) is 43.9 Å². The van der Waals surface area contributed by atoms with E-state index < -0.39 is 0 Å². The third-order valence-electron chi connectivity index (χ3n) is 7.20. The molecule has 0 atom stereocenters. The quantitative estimate of drug-likeness (QED) is 0.767. The highest BCUT2D eigenvalue weighted by atomic mass is 16.2. The molecule has 0 saturated carbocycles. The van der Waals surface area contributed by atoms with Crippen molar-refractivity contribution < 1.29 is 9.59 Å². The van der Waals surface area contributed by atoms with Crippen LogP contribution in [0, 0.1) is 5.92 Å². The number of para-hydroxylation sites is 1. The summed E-state index contributed by atoms with van der Waals surface area (Å²) in [5.74, 6) is 0.924. The molecule has 0 aromatic heterocycles. The predicted molar refractivity (Wildman–Crippen MR) is 122 cm³/mol. The fourth-order valence-corrected chi connectivity index (χ4v) is 5.31. The molecular weight excluding hydrogens is 386 g/mol. The minimum absolute atomic E-state index is 0.200. The maximum absolute atomic E-state index is 12.9. The molecule has 2 aromatic carbocycles. The van der Waals surface area contributed by atoms with Crippen LogP contribution in [0.15, 0.2) is 48.5 Å². The summed E-state index contributed by atoms with van der Waals surface area (Å²) >= 11 is 0. The second kappa shape index (κ2) is 8.83. The van der Waals surface area contributed by atoms with Gasteiger partial charge in [-0.3, -0.25) is 14.5 Å². The number of nitrogens with zero attached hydrogens (tertiary/aromatic N) is 3. The summed E-state index contributed by atoms with van der Waals surface area (Å²) < 4.78 is 0. The third-order valence-corrected chi connectivity index (χ3v) is 7.20. The van der Waals surface area contributed by atoms with Crippen LogP contribution in [0.4, 0.5) is 5.69 Å². The lowest BCUT2D eigenvalue weighted by molar-refractivity contribution is -0.133. The van der Waals surface area contributed by atoms with Gasteiger partial charge < -0.3 is 9.80 Å². The van der Waals surface area contributed by atoms with Gasteiger partial charge in [0.15, 0.2) is 0 Å². The molecule has 0 spiro atoms. The second-order valence-electron chi connectivity index (χ2n) is 9.18. The van der Waals surface area contributed by atoms with E-state index >= 15 is 0 Å². The normalized spacial score (nSPS) is 19.2. The molecule has 5 rings (SSSR count). The lowest BCUT2D eigenvalue weighted by Gasteiger charge is -2.34. The van der Waals surface area contributed by atoms with Gasteiger partial charge in [-0.05, 0) is 67.4 Å². The van der Waals surface area contributed by atoms with E-state index in [2.05, 4.69) is 41.3 Å². The van der Waals surface area contributed by atoms with Crippen LogP contribution in [0.5, 0.6) is 0 Å². The first kappa shape index (κ1) is 20.3. The zero-order chi connectivity index (χ0) is 21.2. The average Bonchev–Trinajstić information content (AvgIpc) is 3.24. The number of piperidine rings is 1. The molecule has 5 heteroatoms. The van der Waals surface area contributed by atoms with Crippen molar-refractivity contribution in [2.45, 2.75) is 38.6 Å². The van der Waals surface area contributed by atoms with Gasteiger partial charge in [0.25, 0.3) is 0 Å². The number of benzene rings is 2. The second-order valence-corrected chi connectivity index (χ2v) is 9.18. The Morgan fingerprint density at radius 2 is 1.45 bits per heavy atom. The van der Waals surface area contributed by atoms with Crippen LogP contribution in [-0.4, -0.2) is 54.3 Å². The number of carbonyl (C=O) groups is 2. The van der Waals surface area contributed by atoms with Crippen LogP contribution in [0.3, 0.4) is 0 Å². The van der Waals surface area contributed by atoms with E-state index in [9.17, 15) is 9.59 Å². The van der Waals surface area contributed by atoms with Crippen molar-refractivity contribution in [2.75, 3.05) is 37.6 Å². The molecule has 0 unspecified atom stereocenters. The van der Waals surface area contributed by atoms with Crippen molar-refractivity contribution in [3.8, 4) is 0 Å². The van der Waals surface area contributed by atoms with Crippen molar-refractivity contribution >= 4 is 17.5 Å². The minimum Gasteiger partial charge on any atom is -0.338 e. The Kier molecular flexibility index (Phi) is 5.77. The first-order valence-corrected chi connectivity index (χ1v) is 11.6. The zero-order valence-corrected chi connectivity index (χ0v) is 18.1. The molecular formula is C26H31N3O2. The van der Waals surface area contributed by atoms with E-state index in [4.69, 9.17) is 0 Å². The maximum atomic E-state index is 12.9. The fraction of sp³-hybridized carbons (Fsp3) is 0.462. The van der Waals surface area contributed by atoms with E-state index in [1.54, 1.807) is 0 Å². The van der Waals surface area contributed by atoms with Gasteiger partial charge in [0, 0.05) is 31.7 Å². The molecule has 2 aromatic rings. The standard InChI is InChI=1S/C26H31N3O2/c30-25(28-15-11-21-5-1-2-7-23(21)18-28)17-20-9-13-27(14-10-20)19-26(31)29-16-12-22-6-3-4-8-24(22)29/h1-8,20H,9-19H2. The van der Waals surface area contributed by atoms with Crippen molar-refractivity contribution in [1.82, 2.24) is 9.80 Å². The van der Waals surface area contributed by atoms with Crippen LogP contribution in [0.25, 0.3) is 0 Å². The SMILES string of the molecule is O=C(CC1CCN(CC(=O)N2CCc3ccccc32)CC1)N1CCc2ccccc2C1. The van der Waals surface area contributed by atoms with Gasteiger partial charge in [0.2, 0.25) is 11.8 Å². The van der Waals surface area contributed by atoms with Gasteiger partial charge in [0.05, 0.1) is 6.54 Å². The summed E-state index contributed by atoms with van der Waals surface area (Å²) in [6.07, 6.45) is 4.55. The highest BCUT2D eigenvalue weighted by molar-refractivity contribution is 5.96. The van der Waals surface area contributed by atoms with Gasteiger partial charge in [-0.25, -0.2) is 0 Å². The summed E-state index contributed by atoms with van der Waals surface area (Å²) in [6, 6.07) is 16.7. The summed E-state index contributed by atoms with van der Waals surface area (Å²) in [6.45, 7) is 4.67. The Hall–Kier alpha value is -2.66. The first-order valence-electron chi connectivity index (χ1n) is 11.6. The molecule has 0 bridgehead atoms. The summed E-state index contributed by atoms with van der Waals surface area (Å²) in [5, 5.41) is 0. The molecule has 162 valence electrons. The summed E-state index contributed by atoms with van der Waals surface area (Å²) in [7, 11) is 0. The van der Waals surface area contributed by atoms with Crippen LogP contribution >= 0.6 is 0 Å². The van der Waals surface area contributed by atoms with E-state index in [-0.39, 0.29) is 11.8 Å². The highest BCUT2D eigenvalue weighted by Crippen LogP contribution is 2.28. The Balaban J connectivity index is 1.09. The van der Waals surface area contributed by atoms with Crippen molar-refractivity contribution in [3.05, 3.63) is 65.2 Å². The molecule has 2 amide bonds. The van der Waals surface area contributed by atoms with E-state index in [1.165, 1.54) is 16.7 Å². The van der Waals surface area contributed by atoms with E-state index in [0.717, 1.165) is 64.1 Å². The van der Waals surface area contributed by atoms with Crippen LogP contribution in [0.1, 0.15) is 36.0 Å².